The van der Waals surface area contributed by atoms with Crippen LogP contribution < -0.4 is 5.32 Å². The molecule has 0 saturated carbocycles. The van der Waals surface area contributed by atoms with Gasteiger partial charge in [0.1, 0.15) is 12.6 Å². The van der Waals surface area contributed by atoms with Gasteiger partial charge in [-0.15, -0.1) is 0 Å². The highest BCUT2D eigenvalue weighted by Gasteiger charge is 2.19. The van der Waals surface area contributed by atoms with Gasteiger partial charge >= 0.3 is 5.97 Å². The van der Waals surface area contributed by atoms with Gasteiger partial charge in [0.25, 0.3) is 0 Å². The minimum Gasteiger partial charge on any atom is -0.467 e. The maximum atomic E-state index is 10.8. The summed E-state index contributed by atoms with van der Waals surface area (Å²) in [6.07, 6.45) is 0. The minimum atomic E-state index is -0.968. The summed E-state index contributed by atoms with van der Waals surface area (Å²) in [5.41, 5.74) is 0. The fourth-order valence-corrected chi connectivity index (χ4v) is 0.641. The molecule has 68 valence electrons. The van der Waals surface area contributed by atoms with Crippen molar-refractivity contribution in [1.82, 2.24) is 5.32 Å². The lowest BCUT2D eigenvalue weighted by Gasteiger charge is -2.10. The molecule has 0 heterocycles. The Morgan fingerprint density at radius 2 is 2.17 bits per heavy atom. The van der Waals surface area contributed by atoms with E-state index in [2.05, 4.69) is 15.2 Å². The smallest absolute Gasteiger partial charge is 0.330 e. The predicted molar refractivity (Wildman–Crippen MR) is 40.3 cm³/mol. The molecule has 6 heteroatoms. The highest BCUT2D eigenvalue weighted by Crippen LogP contribution is 1.88. The van der Waals surface area contributed by atoms with Crippen LogP contribution in [-0.2, 0) is 14.3 Å². The summed E-state index contributed by atoms with van der Waals surface area (Å²) in [7, 11) is 1.17. The summed E-state index contributed by atoms with van der Waals surface area (Å²) in [6, 6.07) is -0.968. The molecule has 0 aromatic carbocycles. The second kappa shape index (κ2) is 5.22. The van der Waals surface area contributed by atoms with Crippen LogP contribution in [0.4, 0.5) is 0 Å². The molecule has 1 unspecified atom stereocenters. The van der Waals surface area contributed by atoms with E-state index in [0.717, 1.165) is 0 Å². The molecule has 0 saturated heterocycles. The highest BCUT2D eigenvalue weighted by atomic mass is 16.5. The summed E-state index contributed by atoms with van der Waals surface area (Å²) in [4.78, 5) is 31.1. The summed E-state index contributed by atoms with van der Waals surface area (Å²) < 4.78 is 4.31. The van der Waals surface area contributed by atoms with E-state index < -0.39 is 17.9 Å². The lowest BCUT2D eigenvalue weighted by Crippen LogP contribution is -2.42. The zero-order valence-corrected chi connectivity index (χ0v) is 6.86. The molecular weight excluding hydrogens is 164 g/mol. The van der Waals surface area contributed by atoms with Crippen molar-refractivity contribution in [2.24, 2.45) is 5.18 Å². The number of nitrogens with zero attached hydrogens (tertiary/aromatic N) is 1. The first-order valence-electron chi connectivity index (χ1n) is 3.26. The number of methoxy groups -OCH3 is 1. The van der Waals surface area contributed by atoms with Crippen molar-refractivity contribution >= 4 is 11.9 Å². The van der Waals surface area contributed by atoms with Crippen LogP contribution in [0.2, 0.25) is 0 Å². The molecule has 6 nitrogen and oxygen atoms in total. The Bertz CT molecular complexity index is 192. The molecule has 0 rings (SSSR count). The van der Waals surface area contributed by atoms with Gasteiger partial charge in [-0.3, -0.25) is 4.79 Å². The Hall–Kier alpha value is -1.46. The van der Waals surface area contributed by atoms with E-state index in [1.807, 2.05) is 0 Å². The van der Waals surface area contributed by atoms with E-state index in [1.54, 1.807) is 0 Å². The topological polar surface area (TPSA) is 84.8 Å². The van der Waals surface area contributed by atoms with Crippen LogP contribution in [-0.4, -0.2) is 31.6 Å². The fourth-order valence-electron chi connectivity index (χ4n) is 0.641. The molecule has 12 heavy (non-hydrogen) atoms. The number of carbonyl (C=O) groups is 2. The van der Waals surface area contributed by atoms with E-state index in [-0.39, 0.29) is 6.54 Å². The first-order chi connectivity index (χ1) is 5.61. The number of esters is 1. The summed E-state index contributed by atoms with van der Waals surface area (Å²) in [6.45, 7) is 0.924. The Balaban J connectivity index is 4.11. The maximum Gasteiger partial charge on any atom is 0.330 e. The lowest BCUT2D eigenvalue weighted by atomic mass is 10.3. The van der Waals surface area contributed by atoms with Crippen molar-refractivity contribution in [3.8, 4) is 0 Å². The number of nitroso groups, excluding NO2 is 1. The van der Waals surface area contributed by atoms with Gasteiger partial charge in [0.15, 0.2) is 0 Å². The maximum absolute atomic E-state index is 10.8. The number of nitrogens with one attached hydrogen (secondary N) is 1. The Kier molecular flexibility index (Phi) is 4.59. The normalized spacial score (nSPS) is 11.5. The van der Waals surface area contributed by atoms with Gasteiger partial charge in [0.05, 0.1) is 7.11 Å². The van der Waals surface area contributed by atoms with Gasteiger partial charge < -0.3 is 10.1 Å². The quantitative estimate of drug-likeness (QED) is 0.457. The molecule has 0 aromatic rings. The van der Waals surface area contributed by atoms with Crippen LogP contribution in [0.1, 0.15) is 6.92 Å². The van der Waals surface area contributed by atoms with Gasteiger partial charge in [0.2, 0.25) is 5.91 Å². The zero-order valence-electron chi connectivity index (χ0n) is 6.86. The third-order valence-corrected chi connectivity index (χ3v) is 1.12. The zero-order chi connectivity index (χ0) is 9.56. The Labute approximate surface area is 69.2 Å². The first kappa shape index (κ1) is 10.5. The second-order valence-electron chi connectivity index (χ2n) is 2.09. The van der Waals surface area contributed by atoms with E-state index in [9.17, 15) is 14.5 Å². The van der Waals surface area contributed by atoms with E-state index in [4.69, 9.17) is 0 Å². The van der Waals surface area contributed by atoms with E-state index >= 15 is 0 Å². The molecule has 1 N–H and O–H groups in total. The van der Waals surface area contributed by atoms with Crippen LogP contribution in [0.5, 0.6) is 0 Å². The molecule has 0 aliphatic carbocycles. The Morgan fingerprint density at radius 3 is 2.50 bits per heavy atom. The average Bonchev–Trinajstić information content (AvgIpc) is 2.01. The van der Waals surface area contributed by atoms with Crippen LogP contribution in [0, 0.1) is 4.91 Å². The number of carbonyl (C=O) groups excluding carboxylic acids is 2. The van der Waals surface area contributed by atoms with E-state index in [1.165, 1.54) is 14.0 Å². The molecule has 1 amide bonds. The molecule has 0 aromatic heterocycles. The number of amides is 1. The Morgan fingerprint density at radius 1 is 1.58 bits per heavy atom. The van der Waals surface area contributed by atoms with Crippen molar-refractivity contribution < 1.29 is 14.3 Å². The van der Waals surface area contributed by atoms with Crippen molar-refractivity contribution in [2.75, 3.05) is 13.7 Å². The van der Waals surface area contributed by atoms with Gasteiger partial charge in [-0.25, -0.2) is 4.79 Å². The van der Waals surface area contributed by atoms with Crippen LogP contribution in [0.15, 0.2) is 5.18 Å². The molecule has 0 aliphatic heterocycles. The van der Waals surface area contributed by atoms with Crippen molar-refractivity contribution in [3.05, 3.63) is 4.91 Å². The molecule has 0 bridgehead atoms. The van der Waals surface area contributed by atoms with Gasteiger partial charge in [-0.05, 0) is 0 Å². The molecule has 0 aliphatic rings. The molecule has 1 atom stereocenters. The molecule has 0 fully saturated rings. The number of hydrogen-bond donors (Lipinski definition) is 1. The lowest BCUT2D eigenvalue weighted by molar-refractivity contribution is -0.144. The summed E-state index contributed by atoms with van der Waals surface area (Å²) in [5, 5.41) is 4.72. The van der Waals surface area contributed by atoms with Crippen LogP contribution in [0.25, 0.3) is 0 Å². The molecular formula is C6H10N2O4. The fraction of sp³-hybridized carbons (Fsp3) is 0.667. The van der Waals surface area contributed by atoms with Gasteiger partial charge in [0, 0.05) is 6.92 Å². The summed E-state index contributed by atoms with van der Waals surface area (Å²) in [5.74, 6) is -1.08. The number of rotatable bonds is 4. The monoisotopic (exact) mass is 174 g/mol. The second-order valence-corrected chi connectivity index (χ2v) is 2.09. The highest BCUT2D eigenvalue weighted by molar-refractivity contribution is 5.83. The van der Waals surface area contributed by atoms with Crippen LogP contribution >= 0.6 is 0 Å². The number of ether oxygens (including phenoxy) is 1. The minimum absolute atomic E-state index is 0.313. The molecule has 0 spiro atoms. The predicted octanol–water partition coefficient (Wildman–Crippen LogP) is -0.570. The third-order valence-electron chi connectivity index (χ3n) is 1.12. The SMILES string of the molecule is COC(=O)C(CN=O)NC(C)=O. The van der Waals surface area contributed by atoms with Gasteiger partial charge in [-0.1, -0.05) is 5.18 Å². The average molecular weight is 174 g/mol. The largest absolute Gasteiger partial charge is 0.467 e. The summed E-state index contributed by atoms with van der Waals surface area (Å²) >= 11 is 0. The van der Waals surface area contributed by atoms with Crippen molar-refractivity contribution in [2.45, 2.75) is 13.0 Å². The first-order valence-corrected chi connectivity index (χ1v) is 3.26. The standard InChI is InChI=1S/C6H10N2O4/c1-4(9)8-5(3-7-11)6(10)12-2/h5H,3H2,1-2H3,(H,8,9). The van der Waals surface area contributed by atoms with Crippen molar-refractivity contribution in [1.29, 1.82) is 0 Å². The number of hydrogen-bond acceptors (Lipinski definition) is 5. The molecule has 0 radical (unpaired) electrons. The van der Waals surface area contributed by atoms with Crippen molar-refractivity contribution in [3.63, 3.8) is 0 Å². The van der Waals surface area contributed by atoms with E-state index in [0.29, 0.717) is 0 Å². The van der Waals surface area contributed by atoms with Crippen LogP contribution in [0.3, 0.4) is 0 Å². The van der Waals surface area contributed by atoms with Gasteiger partial charge in [-0.2, -0.15) is 4.91 Å². The third kappa shape index (κ3) is 3.65.